The van der Waals surface area contributed by atoms with Crippen molar-refractivity contribution in [2.45, 2.75) is 27.3 Å². The van der Waals surface area contributed by atoms with E-state index >= 15 is 0 Å². The van der Waals surface area contributed by atoms with Crippen LogP contribution in [-0.2, 0) is 6.54 Å². The summed E-state index contributed by atoms with van der Waals surface area (Å²) in [4.78, 5) is 11.0. The molecule has 0 atom stereocenters. The van der Waals surface area contributed by atoms with Gasteiger partial charge in [-0.15, -0.1) is 0 Å². The summed E-state index contributed by atoms with van der Waals surface area (Å²) >= 11 is 0. The van der Waals surface area contributed by atoms with E-state index in [4.69, 9.17) is 5.73 Å². The molecule has 0 aromatic heterocycles. The summed E-state index contributed by atoms with van der Waals surface area (Å²) < 4.78 is 0. The molecule has 0 saturated carbocycles. The van der Waals surface area contributed by atoms with Gasteiger partial charge in [0.25, 0.3) is 0 Å². The molecule has 0 aliphatic rings. The molecule has 0 aliphatic carbocycles. The van der Waals surface area contributed by atoms with Crippen molar-refractivity contribution < 1.29 is 4.79 Å². The van der Waals surface area contributed by atoms with Crippen molar-refractivity contribution in [2.24, 2.45) is 5.73 Å². The molecule has 0 fully saturated rings. The minimum absolute atomic E-state index is 0.0750. The molecule has 1 aromatic rings. The van der Waals surface area contributed by atoms with E-state index in [1.807, 2.05) is 32.0 Å². The highest BCUT2D eigenvalue weighted by atomic mass is 16.1. The fourth-order valence-electron chi connectivity index (χ4n) is 1.04. The van der Waals surface area contributed by atoms with Gasteiger partial charge in [-0.3, -0.25) is 4.79 Å². The molecule has 0 heterocycles. The van der Waals surface area contributed by atoms with Crippen LogP contribution in [0.1, 0.15) is 36.7 Å². The van der Waals surface area contributed by atoms with Crippen LogP contribution in [0.4, 0.5) is 0 Å². The summed E-state index contributed by atoms with van der Waals surface area (Å²) in [5.41, 5.74) is 7.08. The van der Waals surface area contributed by atoms with Gasteiger partial charge in [0.05, 0.1) is 0 Å². The summed E-state index contributed by atoms with van der Waals surface area (Å²) in [6.45, 7) is 5.98. The van der Waals surface area contributed by atoms with Gasteiger partial charge in [-0.05, 0) is 12.5 Å². The van der Waals surface area contributed by atoms with Gasteiger partial charge in [-0.1, -0.05) is 38.1 Å². The average molecular weight is 179 g/mol. The molecule has 2 nitrogen and oxygen atoms in total. The Balaban J connectivity index is 0.000000671. The predicted molar refractivity (Wildman–Crippen MR) is 55.7 cm³/mol. The van der Waals surface area contributed by atoms with Crippen molar-refractivity contribution in [1.29, 1.82) is 0 Å². The Morgan fingerprint density at radius 3 is 2.23 bits per heavy atom. The Labute approximate surface area is 79.8 Å². The number of Topliss-reactive ketones (excluding diaryl/α,β-unsaturated/α-hetero) is 1. The van der Waals surface area contributed by atoms with E-state index in [0.29, 0.717) is 6.54 Å². The van der Waals surface area contributed by atoms with Crippen molar-refractivity contribution >= 4 is 5.78 Å². The number of carbonyl (C=O) groups is 1. The monoisotopic (exact) mass is 179 g/mol. The molecule has 0 amide bonds. The lowest BCUT2D eigenvalue weighted by Gasteiger charge is -2.01. The molecular weight excluding hydrogens is 162 g/mol. The van der Waals surface area contributed by atoms with Gasteiger partial charge in [0.1, 0.15) is 0 Å². The van der Waals surface area contributed by atoms with E-state index in [1.54, 1.807) is 13.0 Å². The highest BCUT2D eigenvalue weighted by Crippen LogP contribution is 2.07. The maximum absolute atomic E-state index is 11.0. The van der Waals surface area contributed by atoms with Crippen molar-refractivity contribution in [3.63, 3.8) is 0 Å². The molecule has 13 heavy (non-hydrogen) atoms. The van der Waals surface area contributed by atoms with Crippen LogP contribution in [0.25, 0.3) is 0 Å². The van der Waals surface area contributed by atoms with Crippen LogP contribution in [0.5, 0.6) is 0 Å². The molecule has 1 aromatic carbocycles. The van der Waals surface area contributed by atoms with Crippen molar-refractivity contribution in [2.75, 3.05) is 0 Å². The van der Waals surface area contributed by atoms with E-state index < -0.39 is 0 Å². The summed E-state index contributed by atoms with van der Waals surface area (Å²) in [5.74, 6) is 0.0750. The molecule has 0 unspecified atom stereocenters. The highest BCUT2D eigenvalue weighted by Gasteiger charge is 2.02. The van der Waals surface area contributed by atoms with E-state index in [0.717, 1.165) is 11.1 Å². The van der Waals surface area contributed by atoms with E-state index in [1.165, 1.54) is 0 Å². The van der Waals surface area contributed by atoms with Gasteiger partial charge in [-0.2, -0.15) is 0 Å². The number of hydrogen-bond acceptors (Lipinski definition) is 2. The lowest BCUT2D eigenvalue weighted by molar-refractivity contribution is 0.101. The largest absolute Gasteiger partial charge is 0.326 e. The van der Waals surface area contributed by atoms with Gasteiger partial charge >= 0.3 is 0 Å². The second kappa shape index (κ2) is 6.38. The van der Waals surface area contributed by atoms with Crippen LogP contribution >= 0.6 is 0 Å². The van der Waals surface area contributed by atoms with Gasteiger partial charge in [0.15, 0.2) is 5.78 Å². The first-order valence-corrected chi connectivity index (χ1v) is 4.54. The Hall–Kier alpha value is -1.15. The highest BCUT2D eigenvalue weighted by molar-refractivity contribution is 5.95. The zero-order valence-corrected chi connectivity index (χ0v) is 8.50. The molecule has 0 bridgehead atoms. The molecular formula is C11H17NO. The number of nitrogens with two attached hydrogens (primary N) is 1. The van der Waals surface area contributed by atoms with E-state index in [2.05, 4.69) is 0 Å². The molecule has 72 valence electrons. The van der Waals surface area contributed by atoms with Crippen LogP contribution in [0.15, 0.2) is 24.3 Å². The van der Waals surface area contributed by atoms with Crippen molar-refractivity contribution in [3.8, 4) is 0 Å². The minimum atomic E-state index is 0.0750. The molecule has 0 spiro atoms. The van der Waals surface area contributed by atoms with Crippen LogP contribution < -0.4 is 5.73 Å². The summed E-state index contributed by atoms with van der Waals surface area (Å²) in [6, 6.07) is 7.39. The van der Waals surface area contributed by atoms with Crippen LogP contribution in [0.3, 0.4) is 0 Å². The SMILES string of the molecule is CC.CC(=O)c1ccccc1CN. The minimum Gasteiger partial charge on any atom is -0.326 e. The quantitative estimate of drug-likeness (QED) is 0.708. The van der Waals surface area contributed by atoms with E-state index in [-0.39, 0.29) is 5.78 Å². The topological polar surface area (TPSA) is 43.1 Å². The van der Waals surface area contributed by atoms with Gasteiger partial charge in [-0.25, -0.2) is 0 Å². The lowest BCUT2D eigenvalue weighted by atomic mass is 10.1. The zero-order valence-electron chi connectivity index (χ0n) is 8.50. The number of carbonyl (C=O) groups excluding carboxylic acids is 1. The number of ketones is 1. The molecule has 2 heteroatoms. The Bertz CT molecular complexity index is 269. The molecule has 1 rings (SSSR count). The summed E-state index contributed by atoms with van der Waals surface area (Å²) in [5, 5.41) is 0. The maximum Gasteiger partial charge on any atom is 0.160 e. The third-order valence-corrected chi connectivity index (χ3v) is 1.62. The third kappa shape index (κ3) is 3.38. The standard InChI is InChI=1S/C9H11NO.C2H6/c1-7(11)9-5-3-2-4-8(9)6-10;1-2/h2-5H,6,10H2,1H3;1-2H3. The normalized spacial score (nSPS) is 8.62. The lowest BCUT2D eigenvalue weighted by Crippen LogP contribution is -2.04. The second-order valence-electron chi connectivity index (χ2n) is 2.42. The smallest absolute Gasteiger partial charge is 0.160 e. The van der Waals surface area contributed by atoms with Crippen molar-refractivity contribution in [1.82, 2.24) is 0 Å². The Morgan fingerprint density at radius 1 is 1.31 bits per heavy atom. The average Bonchev–Trinajstić information content (AvgIpc) is 2.20. The molecule has 0 saturated heterocycles. The van der Waals surface area contributed by atoms with Crippen LogP contribution in [0, 0.1) is 0 Å². The summed E-state index contributed by atoms with van der Waals surface area (Å²) in [6.07, 6.45) is 0. The second-order valence-corrected chi connectivity index (χ2v) is 2.42. The maximum atomic E-state index is 11.0. The molecule has 2 N–H and O–H groups in total. The number of benzene rings is 1. The van der Waals surface area contributed by atoms with Crippen LogP contribution in [-0.4, -0.2) is 5.78 Å². The fourth-order valence-corrected chi connectivity index (χ4v) is 1.04. The third-order valence-electron chi connectivity index (χ3n) is 1.62. The Morgan fingerprint density at radius 2 is 1.85 bits per heavy atom. The fraction of sp³-hybridized carbons (Fsp3) is 0.364. The number of rotatable bonds is 2. The number of hydrogen-bond donors (Lipinski definition) is 1. The summed E-state index contributed by atoms with van der Waals surface area (Å²) in [7, 11) is 0. The van der Waals surface area contributed by atoms with Gasteiger partial charge < -0.3 is 5.73 Å². The first-order valence-electron chi connectivity index (χ1n) is 4.54. The van der Waals surface area contributed by atoms with Crippen molar-refractivity contribution in [3.05, 3.63) is 35.4 Å². The first-order chi connectivity index (χ1) is 6.25. The molecule has 0 aliphatic heterocycles. The van der Waals surface area contributed by atoms with Gasteiger partial charge in [0.2, 0.25) is 0 Å². The Kier molecular flexibility index (Phi) is 5.81. The predicted octanol–water partition coefficient (Wildman–Crippen LogP) is 2.37. The van der Waals surface area contributed by atoms with Crippen LogP contribution in [0.2, 0.25) is 0 Å². The van der Waals surface area contributed by atoms with Gasteiger partial charge in [0, 0.05) is 12.1 Å². The zero-order chi connectivity index (χ0) is 10.3. The van der Waals surface area contributed by atoms with E-state index in [9.17, 15) is 4.79 Å². The molecule has 0 radical (unpaired) electrons. The first kappa shape index (κ1) is 11.8.